The van der Waals surface area contributed by atoms with Crippen molar-refractivity contribution in [3.8, 4) is 0 Å². The molecule has 5 atom stereocenters. The fourth-order valence-electron chi connectivity index (χ4n) is 2.15. The Labute approximate surface area is 111 Å². The number of esters is 1. The van der Waals surface area contributed by atoms with Crippen LogP contribution in [0.25, 0.3) is 0 Å². The fraction of sp³-hybridized carbons (Fsp3) is 0.917. The maximum absolute atomic E-state index is 11.3. The zero-order valence-corrected chi connectivity index (χ0v) is 11.2. The predicted octanol–water partition coefficient (Wildman–Crippen LogP) is -1.23. The van der Waals surface area contributed by atoms with Crippen LogP contribution >= 0.6 is 0 Å². The maximum atomic E-state index is 11.3. The largest absolute Gasteiger partial charge is 0.466 e. The van der Waals surface area contributed by atoms with Gasteiger partial charge in [0, 0.05) is 12.8 Å². The Hall–Kier alpha value is -0.730. The molecule has 1 aliphatic heterocycles. The Morgan fingerprint density at radius 3 is 2.68 bits per heavy atom. The van der Waals surface area contributed by atoms with E-state index in [0.29, 0.717) is 0 Å². The Morgan fingerprint density at radius 1 is 1.47 bits per heavy atom. The van der Waals surface area contributed by atoms with Crippen molar-refractivity contribution in [3.63, 3.8) is 0 Å². The van der Waals surface area contributed by atoms with Crippen molar-refractivity contribution in [1.29, 1.82) is 0 Å². The summed E-state index contributed by atoms with van der Waals surface area (Å²) < 4.78 is 9.80. The van der Waals surface area contributed by atoms with Gasteiger partial charge in [-0.25, -0.2) is 0 Å². The van der Waals surface area contributed by atoms with Crippen LogP contribution in [-0.4, -0.2) is 63.7 Å². The minimum absolute atomic E-state index is 0.0449. The van der Waals surface area contributed by atoms with Gasteiger partial charge in [0.2, 0.25) is 0 Å². The third-order valence-corrected chi connectivity index (χ3v) is 3.15. The Morgan fingerprint density at radius 2 is 2.11 bits per heavy atom. The van der Waals surface area contributed by atoms with Gasteiger partial charge in [-0.05, 0) is 12.8 Å². The van der Waals surface area contributed by atoms with E-state index in [4.69, 9.17) is 9.47 Å². The highest BCUT2D eigenvalue weighted by Crippen LogP contribution is 2.30. The quantitative estimate of drug-likeness (QED) is 0.465. The van der Waals surface area contributed by atoms with Crippen molar-refractivity contribution >= 4 is 5.97 Å². The molecule has 0 aliphatic carbocycles. The van der Waals surface area contributed by atoms with E-state index < -0.39 is 30.1 Å². The number of ether oxygens (including phenoxy) is 2. The molecule has 0 saturated carbocycles. The van der Waals surface area contributed by atoms with Crippen molar-refractivity contribution in [2.75, 3.05) is 13.2 Å². The third kappa shape index (κ3) is 4.12. The number of carbonyl (C=O) groups excluding carboxylic acids is 1. The summed E-state index contributed by atoms with van der Waals surface area (Å²) in [4.78, 5) is 11.3. The van der Waals surface area contributed by atoms with E-state index in [1.54, 1.807) is 13.8 Å². The molecular formula is C12H22O7. The van der Waals surface area contributed by atoms with Crippen molar-refractivity contribution in [1.82, 2.24) is 0 Å². The Balaban J connectivity index is 2.56. The first kappa shape index (κ1) is 16.3. The van der Waals surface area contributed by atoms with Crippen LogP contribution in [0, 0.1) is 5.92 Å². The molecule has 1 fully saturated rings. The summed E-state index contributed by atoms with van der Waals surface area (Å²) >= 11 is 0. The molecule has 1 aliphatic rings. The second-order valence-electron chi connectivity index (χ2n) is 4.98. The van der Waals surface area contributed by atoms with Gasteiger partial charge in [0.1, 0.15) is 18.3 Å². The lowest BCUT2D eigenvalue weighted by Crippen LogP contribution is -2.61. The van der Waals surface area contributed by atoms with E-state index in [-0.39, 0.29) is 32.0 Å². The van der Waals surface area contributed by atoms with Crippen LogP contribution in [-0.2, 0) is 14.3 Å². The van der Waals surface area contributed by atoms with Crippen LogP contribution in [0.3, 0.4) is 0 Å². The number of aliphatic hydroxyl groups excluding tert-OH is 3. The van der Waals surface area contributed by atoms with Crippen LogP contribution in [0.5, 0.6) is 0 Å². The molecule has 1 saturated heterocycles. The lowest BCUT2D eigenvalue weighted by atomic mass is 9.88. The van der Waals surface area contributed by atoms with Crippen molar-refractivity contribution in [2.45, 2.75) is 50.8 Å². The van der Waals surface area contributed by atoms with Crippen LogP contribution < -0.4 is 0 Å². The molecule has 0 spiro atoms. The van der Waals surface area contributed by atoms with Gasteiger partial charge < -0.3 is 29.9 Å². The van der Waals surface area contributed by atoms with Gasteiger partial charge in [0.05, 0.1) is 13.2 Å². The number of hydrogen-bond donors (Lipinski definition) is 4. The summed E-state index contributed by atoms with van der Waals surface area (Å²) in [6, 6.07) is 0. The van der Waals surface area contributed by atoms with Crippen molar-refractivity contribution in [2.24, 2.45) is 5.92 Å². The monoisotopic (exact) mass is 278 g/mol. The molecule has 1 unspecified atom stereocenters. The molecule has 0 aromatic rings. The molecule has 0 bridgehead atoms. The van der Waals surface area contributed by atoms with E-state index in [0.717, 1.165) is 0 Å². The lowest BCUT2D eigenvalue weighted by Gasteiger charge is -2.42. The minimum atomic E-state index is -1.97. The second kappa shape index (κ2) is 6.62. The van der Waals surface area contributed by atoms with Gasteiger partial charge >= 0.3 is 5.97 Å². The first-order chi connectivity index (χ1) is 8.80. The van der Waals surface area contributed by atoms with Crippen LogP contribution in [0.2, 0.25) is 0 Å². The van der Waals surface area contributed by atoms with E-state index in [1.165, 1.54) is 0 Å². The number of carbonyl (C=O) groups is 1. The van der Waals surface area contributed by atoms with Crippen molar-refractivity contribution in [3.05, 3.63) is 0 Å². The highest BCUT2D eigenvalue weighted by atomic mass is 16.6. The molecule has 0 radical (unpaired) electrons. The smallest absolute Gasteiger partial charge is 0.306 e. The second-order valence-corrected chi connectivity index (χ2v) is 4.98. The van der Waals surface area contributed by atoms with Gasteiger partial charge in [0.25, 0.3) is 0 Å². The zero-order chi connectivity index (χ0) is 14.6. The summed E-state index contributed by atoms with van der Waals surface area (Å²) in [5, 5.41) is 38.7. The molecule has 7 heteroatoms. The van der Waals surface area contributed by atoms with Crippen LogP contribution in [0.15, 0.2) is 0 Å². The number of aliphatic hydroxyl groups is 4. The highest BCUT2D eigenvalue weighted by Gasteiger charge is 2.48. The summed E-state index contributed by atoms with van der Waals surface area (Å²) in [5.41, 5.74) is 0. The van der Waals surface area contributed by atoms with Gasteiger partial charge in [-0.3, -0.25) is 4.79 Å². The van der Waals surface area contributed by atoms with E-state index >= 15 is 0 Å². The summed E-state index contributed by atoms with van der Waals surface area (Å²) in [6.45, 7) is 3.39. The molecular weight excluding hydrogens is 256 g/mol. The minimum Gasteiger partial charge on any atom is -0.466 e. The van der Waals surface area contributed by atoms with E-state index in [2.05, 4.69) is 0 Å². The molecule has 1 rings (SSSR count). The molecule has 112 valence electrons. The third-order valence-electron chi connectivity index (χ3n) is 3.15. The van der Waals surface area contributed by atoms with Gasteiger partial charge in [-0.1, -0.05) is 6.92 Å². The molecule has 7 nitrogen and oxygen atoms in total. The maximum Gasteiger partial charge on any atom is 0.306 e. The van der Waals surface area contributed by atoms with Gasteiger partial charge in [0.15, 0.2) is 5.79 Å². The first-order valence-electron chi connectivity index (χ1n) is 6.36. The molecule has 1 heterocycles. The fourth-order valence-corrected chi connectivity index (χ4v) is 2.15. The SMILES string of the molecule is CCOC(=O)CC(C)C[C@]1(O)OC[C@@H](O)[C@H](O)[C@H]1O. The van der Waals surface area contributed by atoms with Gasteiger partial charge in [-0.15, -0.1) is 0 Å². The number of hydrogen-bond acceptors (Lipinski definition) is 7. The molecule has 0 aromatic heterocycles. The van der Waals surface area contributed by atoms with E-state index in [9.17, 15) is 25.2 Å². The Kier molecular flexibility index (Phi) is 5.69. The molecule has 4 N–H and O–H groups in total. The van der Waals surface area contributed by atoms with Crippen LogP contribution in [0.1, 0.15) is 26.7 Å². The average Bonchev–Trinajstić information content (AvgIpc) is 2.32. The van der Waals surface area contributed by atoms with Crippen LogP contribution in [0.4, 0.5) is 0 Å². The number of rotatable bonds is 5. The highest BCUT2D eigenvalue weighted by molar-refractivity contribution is 5.69. The normalized spacial score (nSPS) is 36.8. The zero-order valence-electron chi connectivity index (χ0n) is 11.2. The topological polar surface area (TPSA) is 116 Å². The summed E-state index contributed by atoms with van der Waals surface area (Å²) in [7, 11) is 0. The molecule has 19 heavy (non-hydrogen) atoms. The van der Waals surface area contributed by atoms with Crippen molar-refractivity contribution < 1.29 is 34.7 Å². The first-order valence-corrected chi connectivity index (χ1v) is 6.36. The van der Waals surface area contributed by atoms with E-state index in [1.807, 2.05) is 0 Å². The lowest BCUT2D eigenvalue weighted by molar-refractivity contribution is -0.326. The summed E-state index contributed by atoms with van der Waals surface area (Å²) in [5.74, 6) is -2.67. The predicted molar refractivity (Wildman–Crippen MR) is 64.0 cm³/mol. The molecule has 0 aromatic carbocycles. The molecule has 0 amide bonds. The van der Waals surface area contributed by atoms with Gasteiger partial charge in [-0.2, -0.15) is 0 Å². The average molecular weight is 278 g/mol. The standard InChI is InChI=1S/C12H22O7/c1-3-18-9(14)4-7(2)5-12(17)11(16)10(15)8(13)6-19-12/h7-8,10-11,13,15-17H,3-6H2,1-2H3/t7?,8-,10+,11-,12+/m1/s1. The Bertz CT molecular complexity index is 308. The summed E-state index contributed by atoms with van der Waals surface area (Å²) in [6.07, 6.45) is -4.31.